The fourth-order valence-electron chi connectivity index (χ4n) is 3.91. The molecule has 2 fully saturated rings. The van der Waals surface area contributed by atoms with Crippen LogP contribution in [0.25, 0.3) is 0 Å². The van der Waals surface area contributed by atoms with Gasteiger partial charge in [0.1, 0.15) is 61.1 Å². The van der Waals surface area contributed by atoms with Crippen molar-refractivity contribution in [2.75, 3.05) is 0 Å². The van der Waals surface area contributed by atoms with Crippen LogP contribution in [0.3, 0.4) is 0 Å². The van der Waals surface area contributed by atoms with Crippen molar-refractivity contribution in [3.63, 3.8) is 0 Å². The lowest BCUT2D eigenvalue weighted by atomic mass is 9.86. The van der Waals surface area contributed by atoms with Crippen LogP contribution in [0.1, 0.15) is 20.3 Å². The van der Waals surface area contributed by atoms with E-state index in [1.807, 2.05) is 0 Å². The van der Waals surface area contributed by atoms with E-state index < -0.39 is 97.5 Å². The minimum absolute atomic E-state index is 0.667. The van der Waals surface area contributed by atoms with E-state index in [-0.39, 0.29) is 0 Å². The fourth-order valence-corrected chi connectivity index (χ4v) is 3.91. The first-order valence-corrected chi connectivity index (χ1v) is 10.2. The Labute approximate surface area is 188 Å². The van der Waals surface area contributed by atoms with E-state index in [4.69, 9.17) is 15.2 Å². The number of aliphatic carboxylic acids is 1. The van der Waals surface area contributed by atoms with E-state index in [0.29, 0.717) is 0 Å². The number of ether oxygens (including phenoxy) is 2. The van der Waals surface area contributed by atoms with Crippen LogP contribution in [0.4, 0.5) is 0 Å². The zero-order valence-corrected chi connectivity index (χ0v) is 17.9. The number of carbonyl (C=O) groups is 3. The topological polar surface area (TPSA) is 261 Å². The Bertz CT molecular complexity index is 726. The number of rotatable bonds is 8. The maximum absolute atomic E-state index is 11.6. The molecular formula is C18H31N3O12. The molecule has 3 unspecified atom stereocenters. The summed E-state index contributed by atoms with van der Waals surface area (Å²) in [5.41, 5.74) is 5.06. The Kier molecular flexibility index (Phi) is 9.09. The third-order valence-electron chi connectivity index (χ3n) is 5.69. The van der Waals surface area contributed by atoms with Crippen LogP contribution in [0.2, 0.25) is 0 Å². The van der Waals surface area contributed by atoms with Gasteiger partial charge in [0.2, 0.25) is 11.8 Å². The number of carboxylic acids is 1. The predicted molar refractivity (Wildman–Crippen MR) is 105 cm³/mol. The van der Waals surface area contributed by atoms with E-state index in [1.54, 1.807) is 0 Å². The number of hydrogen-bond donors (Lipinski definition) is 10. The van der Waals surface area contributed by atoms with E-state index >= 15 is 0 Å². The average Bonchev–Trinajstić information content (AvgIpc) is 2.72. The highest BCUT2D eigenvalue weighted by Gasteiger charge is 2.53. The molecule has 15 nitrogen and oxygen atoms in total. The van der Waals surface area contributed by atoms with Crippen molar-refractivity contribution >= 4 is 17.8 Å². The Morgan fingerprint density at radius 2 is 1.48 bits per heavy atom. The molecule has 15 heteroatoms. The quantitative estimate of drug-likeness (QED) is 0.155. The van der Waals surface area contributed by atoms with Gasteiger partial charge < -0.3 is 56.3 Å². The molecule has 0 spiro atoms. The van der Waals surface area contributed by atoms with Crippen LogP contribution in [0, 0.1) is 0 Å². The molecule has 0 aliphatic carbocycles. The van der Waals surface area contributed by atoms with E-state index in [1.165, 1.54) is 6.92 Å². The van der Waals surface area contributed by atoms with Crippen molar-refractivity contribution in [1.82, 2.24) is 10.6 Å². The van der Waals surface area contributed by atoms with Crippen LogP contribution >= 0.6 is 0 Å². The minimum Gasteiger partial charge on any atom is -0.480 e. The molecular weight excluding hydrogens is 450 g/mol. The Morgan fingerprint density at radius 3 is 2.00 bits per heavy atom. The summed E-state index contributed by atoms with van der Waals surface area (Å²) in [6.07, 6.45) is -17.1. The highest BCUT2D eigenvalue weighted by molar-refractivity contribution is 5.83. The number of aliphatic hydroxyl groups is 6. The van der Waals surface area contributed by atoms with Crippen molar-refractivity contribution in [2.24, 2.45) is 5.73 Å². The fraction of sp³-hybridized carbons (Fsp3) is 0.833. The van der Waals surface area contributed by atoms with Crippen LogP contribution in [0.5, 0.6) is 0 Å². The molecule has 0 aromatic carbocycles. The normalized spacial score (nSPS) is 41.1. The molecule has 12 atom stereocenters. The molecule has 2 saturated heterocycles. The molecule has 33 heavy (non-hydrogen) atoms. The highest BCUT2D eigenvalue weighted by Crippen LogP contribution is 2.30. The summed E-state index contributed by atoms with van der Waals surface area (Å²) < 4.78 is 10.9. The van der Waals surface area contributed by atoms with E-state index in [9.17, 15) is 50.1 Å². The summed E-state index contributed by atoms with van der Waals surface area (Å²) in [6, 6.07) is -3.03. The first-order chi connectivity index (χ1) is 15.3. The van der Waals surface area contributed by atoms with Crippen LogP contribution < -0.4 is 16.4 Å². The number of nitrogens with one attached hydrogen (secondary N) is 2. The van der Waals surface area contributed by atoms with Crippen LogP contribution in [-0.2, 0) is 23.9 Å². The Hall–Kier alpha value is -1.95. The zero-order chi connectivity index (χ0) is 25.2. The SMILES string of the molecule is CC(=O)N[C@H]1C(N[C@@H](CC(N)=O)C(=O)O)O[C@H](C(O)C2O[C@H](C)[C@H](O)[C@H](O)[C@H]2O)[C@@H](O)[C@@H]1O. The number of amides is 2. The van der Waals surface area contributed by atoms with Crippen LogP contribution in [-0.4, -0.2) is 127 Å². The van der Waals surface area contributed by atoms with Gasteiger partial charge in [0.15, 0.2) is 0 Å². The second-order valence-electron chi connectivity index (χ2n) is 8.22. The van der Waals surface area contributed by atoms with Gasteiger partial charge in [0.05, 0.1) is 18.6 Å². The highest BCUT2D eigenvalue weighted by atomic mass is 16.6. The van der Waals surface area contributed by atoms with Gasteiger partial charge >= 0.3 is 5.97 Å². The van der Waals surface area contributed by atoms with Gasteiger partial charge in [0.25, 0.3) is 0 Å². The second-order valence-corrected chi connectivity index (χ2v) is 8.22. The Balaban J connectivity index is 2.31. The second kappa shape index (κ2) is 11.0. The van der Waals surface area contributed by atoms with Crippen molar-refractivity contribution in [3.8, 4) is 0 Å². The number of aliphatic hydroxyl groups excluding tert-OH is 6. The monoisotopic (exact) mass is 481 g/mol. The molecule has 0 bridgehead atoms. The summed E-state index contributed by atoms with van der Waals surface area (Å²) >= 11 is 0. The predicted octanol–water partition coefficient (Wildman–Crippen LogP) is -5.91. The molecule has 2 heterocycles. The van der Waals surface area contributed by atoms with E-state index in [2.05, 4.69) is 10.6 Å². The van der Waals surface area contributed by atoms with Crippen LogP contribution in [0.15, 0.2) is 0 Å². The number of hydrogen-bond acceptors (Lipinski definition) is 12. The molecule has 190 valence electrons. The summed E-state index contributed by atoms with van der Waals surface area (Å²) in [5.74, 6) is -3.15. The lowest BCUT2D eigenvalue weighted by Crippen LogP contribution is -2.72. The van der Waals surface area contributed by atoms with Crippen molar-refractivity contribution in [1.29, 1.82) is 0 Å². The molecule has 0 aromatic rings. The number of nitrogens with two attached hydrogens (primary N) is 1. The molecule has 0 saturated carbocycles. The minimum atomic E-state index is -1.89. The smallest absolute Gasteiger partial charge is 0.321 e. The first kappa shape index (κ1) is 27.3. The van der Waals surface area contributed by atoms with Crippen molar-refractivity contribution < 1.29 is 59.6 Å². The van der Waals surface area contributed by atoms with E-state index in [0.717, 1.165) is 6.92 Å². The van der Waals surface area contributed by atoms with Gasteiger partial charge in [-0.3, -0.25) is 19.7 Å². The molecule has 0 radical (unpaired) electrons. The Morgan fingerprint density at radius 1 is 0.939 bits per heavy atom. The summed E-state index contributed by atoms with van der Waals surface area (Å²) in [7, 11) is 0. The number of carbonyl (C=O) groups excluding carboxylic acids is 2. The maximum Gasteiger partial charge on any atom is 0.321 e. The average molecular weight is 481 g/mol. The van der Waals surface area contributed by atoms with Crippen molar-refractivity contribution in [2.45, 2.75) is 93.5 Å². The molecule has 2 aliphatic rings. The first-order valence-electron chi connectivity index (χ1n) is 10.2. The molecule has 11 N–H and O–H groups in total. The van der Waals surface area contributed by atoms with Gasteiger partial charge in [-0.05, 0) is 6.92 Å². The third-order valence-corrected chi connectivity index (χ3v) is 5.69. The summed E-state index contributed by atoms with van der Waals surface area (Å²) in [5, 5.41) is 76.0. The number of primary amides is 1. The van der Waals surface area contributed by atoms with Gasteiger partial charge in [-0.1, -0.05) is 0 Å². The standard InChI is InChI=1S/C18H31N3O12/c1-4-9(24)11(26)13(28)15(32-4)14(29)16-12(27)10(25)8(20-5(2)22)17(33-16)21-6(18(30)31)3-7(19)23/h4,6,8-17,21,24-29H,3H2,1-2H3,(H2,19,23)(H,20,22)(H,30,31)/t4-,6+,8-,9+,10-,11+,12+,13-,14?,15?,16+,17?/m1/s1. The van der Waals surface area contributed by atoms with Gasteiger partial charge in [-0.25, -0.2) is 0 Å². The number of carboxylic acid groups (broad SMARTS) is 1. The summed E-state index contributed by atoms with van der Waals surface area (Å²) in [4.78, 5) is 34.3. The molecule has 2 amide bonds. The zero-order valence-electron chi connectivity index (χ0n) is 17.9. The van der Waals surface area contributed by atoms with Gasteiger partial charge in [-0.2, -0.15) is 0 Å². The maximum atomic E-state index is 11.6. The largest absolute Gasteiger partial charge is 0.480 e. The van der Waals surface area contributed by atoms with Crippen molar-refractivity contribution in [3.05, 3.63) is 0 Å². The van der Waals surface area contributed by atoms with Gasteiger partial charge in [-0.15, -0.1) is 0 Å². The molecule has 2 rings (SSSR count). The lowest BCUT2D eigenvalue weighted by molar-refractivity contribution is -0.278. The third kappa shape index (κ3) is 6.14. The molecule has 2 aliphatic heterocycles. The molecule has 0 aromatic heterocycles. The summed E-state index contributed by atoms with van der Waals surface area (Å²) in [6.45, 7) is 2.46. The van der Waals surface area contributed by atoms with Gasteiger partial charge in [0, 0.05) is 6.92 Å². The lowest BCUT2D eigenvalue weighted by Gasteiger charge is -2.48.